The molecule has 10 heavy (non-hydrogen) atoms. The lowest BCUT2D eigenvalue weighted by molar-refractivity contribution is -0.137. The summed E-state index contributed by atoms with van der Waals surface area (Å²) in [6.07, 6.45) is -0.150. The average Bonchev–Trinajstić information content (AvgIpc) is 2.35. The van der Waals surface area contributed by atoms with E-state index in [0.29, 0.717) is 0 Å². The van der Waals surface area contributed by atoms with Gasteiger partial charge in [-0.1, -0.05) is 0 Å². The molecule has 0 unspecified atom stereocenters. The van der Waals surface area contributed by atoms with Gasteiger partial charge in [-0.2, -0.15) is 0 Å². The standard InChI is InChI=1S/C6H8F2O2/c7-6(8)3-4(6)1-2-5(9)10/h4H,1-3H2,(H,9,10)/t4-/m0/s1. The first-order valence-corrected chi connectivity index (χ1v) is 3.12. The van der Waals surface area contributed by atoms with Crippen molar-refractivity contribution in [3.05, 3.63) is 0 Å². The van der Waals surface area contributed by atoms with E-state index in [1.165, 1.54) is 0 Å². The molecule has 1 aliphatic carbocycles. The normalized spacial score (nSPS) is 28.0. The van der Waals surface area contributed by atoms with Gasteiger partial charge in [0.1, 0.15) is 0 Å². The summed E-state index contributed by atoms with van der Waals surface area (Å²) in [5.41, 5.74) is 0. The lowest BCUT2D eigenvalue weighted by Crippen LogP contribution is -1.98. The quantitative estimate of drug-likeness (QED) is 0.662. The van der Waals surface area contributed by atoms with Crippen LogP contribution in [-0.4, -0.2) is 17.0 Å². The highest BCUT2D eigenvalue weighted by molar-refractivity contribution is 5.66. The number of hydrogen-bond acceptors (Lipinski definition) is 1. The number of carboxylic acid groups (broad SMARTS) is 1. The van der Waals surface area contributed by atoms with Crippen LogP contribution in [0.15, 0.2) is 0 Å². The lowest BCUT2D eigenvalue weighted by atomic mass is 10.2. The predicted molar refractivity (Wildman–Crippen MR) is 29.9 cm³/mol. The monoisotopic (exact) mass is 150 g/mol. The minimum Gasteiger partial charge on any atom is -0.481 e. The maximum atomic E-state index is 12.1. The van der Waals surface area contributed by atoms with Crippen LogP contribution < -0.4 is 0 Å². The van der Waals surface area contributed by atoms with Crippen molar-refractivity contribution in [2.45, 2.75) is 25.2 Å². The molecule has 1 atom stereocenters. The molecular weight excluding hydrogens is 142 g/mol. The second-order valence-electron chi connectivity index (χ2n) is 2.59. The Morgan fingerprint density at radius 1 is 1.70 bits per heavy atom. The highest BCUT2D eigenvalue weighted by atomic mass is 19.3. The van der Waals surface area contributed by atoms with E-state index in [9.17, 15) is 13.6 Å². The van der Waals surface area contributed by atoms with E-state index in [1.807, 2.05) is 0 Å². The molecule has 0 aromatic carbocycles. The summed E-state index contributed by atoms with van der Waals surface area (Å²) in [5, 5.41) is 8.12. The first kappa shape index (κ1) is 7.44. The van der Waals surface area contributed by atoms with Crippen molar-refractivity contribution >= 4 is 5.97 Å². The summed E-state index contributed by atoms with van der Waals surface area (Å²) in [4.78, 5) is 9.90. The van der Waals surface area contributed by atoms with E-state index in [-0.39, 0.29) is 19.3 Å². The van der Waals surface area contributed by atoms with E-state index in [1.54, 1.807) is 0 Å². The molecule has 0 aromatic rings. The van der Waals surface area contributed by atoms with E-state index in [4.69, 9.17) is 5.11 Å². The maximum absolute atomic E-state index is 12.1. The maximum Gasteiger partial charge on any atom is 0.303 e. The van der Waals surface area contributed by atoms with Crippen LogP contribution in [0.4, 0.5) is 8.78 Å². The Kier molecular flexibility index (Phi) is 1.62. The number of rotatable bonds is 3. The molecule has 1 N–H and O–H groups in total. The van der Waals surface area contributed by atoms with Crippen LogP contribution in [0.5, 0.6) is 0 Å². The largest absolute Gasteiger partial charge is 0.481 e. The van der Waals surface area contributed by atoms with Gasteiger partial charge in [-0.15, -0.1) is 0 Å². The molecule has 1 saturated carbocycles. The fourth-order valence-electron chi connectivity index (χ4n) is 0.881. The molecule has 1 aliphatic rings. The Labute approximate surface area is 56.8 Å². The SMILES string of the molecule is O=C(O)CC[C@H]1CC1(F)F. The molecular formula is C6H8F2O2. The van der Waals surface area contributed by atoms with Crippen molar-refractivity contribution in [1.29, 1.82) is 0 Å². The molecule has 1 rings (SSSR count). The molecule has 4 heteroatoms. The molecule has 0 amide bonds. The van der Waals surface area contributed by atoms with Crippen molar-refractivity contribution < 1.29 is 18.7 Å². The molecule has 1 fully saturated rings. The van der Waals surface area contributed by atoms with E-state index in [2.05, 4.69) is 0 Å². The van der Waals surface area contributed by atoms with Crippen LogP contribution in [0.2, 0.25) is 0 Å². The van der Waals surface area contributed by atoms with Gasteiger partial charge < -0.3 is 5.11 Å². The van der Waals surface area contributed by atoms with Crippen molar-refractivity contribution in [2.24, 2.45) is 5.92 Å². The zero-order valence-electron chi connectivity index (χ0n) is 5.31. The van der Waals surface area contributed by atoms with Crippen LogP contribution in [-0.2, 0) is 4.79 Å². The Morgan fingerprint density at radius 2 is 2.20 bits per heavy atom. The van der Waals surface area contributed by atoms with E-state index < -0.39 is 17.8 Å². The number of carbonyl (C=O) groups is 1. The van der Waals surface area contributed by atoms with Gasteiger partial charge in [0.05, 0.1) is 0 Å². The van der Waals surface area contributed by atoms with Crippen molar-refractivity contribution in [1.82, 2.24) is 0 Å². The van der Waals surface area contributed by atoms with Gasteiger partial charge in [-0.25, -0.2) is 8.78 Å². The molecule has 0 bridgehead atoms. The van der Waals surface area contributed by atoms with Gasteiger partial charge in [0, 0.05) is 18.8 Å². The molecule has 0 saturated heterocycles. The third-order valence-corrected chi connectivity index (χ3v) is 1.66. The summed E-state index contributed by atoms with van der Waals surface area (Å²) in [7, 11) is 0. The summed E-state index contributed by atoms with van der Waals surface area (Å²) < 4.78 is 24.1. The second-order valence-corrected chi connectivity index (χ2v) is 2.59. The van der Waals surface area contributed by atoms with Crippen LogP contribution in [0.3, 0.4) is 0 Å². The molecule has 0 aliphatic heterocycles. The topological polar surface area (TPSA) is 37.3 Å². The van der Waals surface area contributed by atoms with Crippen LogP contribution in [0.1, 0.15) is 19.3 Å². The van der Waals surface area contributed by atoms with Gasteiger partial charge >= 0.3 is 5.97 Å². The number of alkyl halides is 2. The predicted octanol–water partition coefficient (Wildman–Crippen LogP) is 1.51. The van der Waals surface area contributed by atoms with Gasteiger partial charge in [0.15, 0.2) is 0 Å². The van der Waals surface area contributed by atoms with E-state index in [0.717, 1.165) is 0 Å². The van der Waals surface area contributed by atoms with Crippen molar-refractivity contribution in [3.8, 4) is 0 Å². The summed E-state index contributed by atoms with van der Waals surface area (Å²) in [6, 6.07) is 0. The molecule has 0 spiro atoms. The Balaban J connectivity index is 2.13. The minimum atomic E-state index is -2.56. The smallest absolute Gasteiger partial charge is 0.303 e. The number of halogens is 2. The zero-order valence-corrected chi connectivity index (χ0v) is 5.31. The fourth-order valence-corrected chi connectivity index (χ4v) is 0.881. The summed E-state index contributed by atoms with van der Waals surface area (Å²) in [5.74, 6) is -4.22. The number of aliphatic carboxylic acids is 1. The minimum absolute atomic E-state index is 0.113. The van der Waals surface area contributed by atoms with Crippen LogP contribution in [0, 0.1) is 5.92 Å². The van der Waals surface area contributed by atoms with Crippen molar-refractivity contribution in [2.75, 3.05) is 0 Å². The van der Waals surface area contributed by atoms with Gasteiger partial charge in [0.2, 0.25) is 0 Å². The third-order valence-electron chi connectivity index (χ3n) is 1.66. The van der Waals surface area contributed by atoms with Gasteiger partial charge in [-0.3, -0.25) is 4.79 Å². The lowest BCUT2D eigenvalue weighted by Gasteiger charge is -1.92. The Morgan fingerprint density at radius 3 is 2.50 bits per heavy atom. The number of carboxylic acids is 1. The van der Waals surface area contributed by atoms with Gasteiger partial charge in [-0.05, 0) is 6.42 Å². The van der Waals surface area contributed by atoms with Gasteiger partial charge in [0.25, 0.3) is 5.92 Å². The second kappa shape index (κ2) is 2.18. The zero-order chi connectivity index (χ0) is 7.78. The Bertz CT molecular complexity index is 156. The number of hydrogen-bond donors (Lipinski definition) is 1. The summed E-state index contributed by atoms with van der Waals surface area (Å²) >= 11 is 0. The first-order chi connectivity index (χ1) is 4.52. The highest BCUT2D eigenvalue weighted by Crippen LogP contribution is 2.51. The van der Waals surface area contributed by atoms with Crippen LogP contribution >= 0.6 is 0 Å². The molecule has 0 heterocycles. The molecule has 0 radical (unpaired) electrons. The van der Waals surface area contributed by atoms with E-state index >= 15 is 0 Å². The molecule has 2 nitrogen and oxygen atoms in total. The van der Waals surface area contributed by atoms with Crippen molar-refractivity contribution in [3.63, 3.8) is 0 Å². The molecule has 0 aromatic heterocycles. The summed E-state index contributed by atoms with van der Waals surface area (Å²) in [6.45, 7) is 0. The fraction of sp³-hybridized carbons (Fsp3) is 0.833. The third kappa shape index (κ3) is 1.65. The highest BCUT2D eigenvalue weighted by Gasteiger charge is 2.56. The van der Waals surface area contributed by atoms with Crippen LogP contribution in [0.25, 0.3) is 0 Å². The first-order valence-electron chi connectivity index (χ1n) is 3.12. The molecule has 58 valence electrons. The Hall–Kier alpha value is -0.670. The average molecular weight is 150 g/mol.